The Morgan fingerprint density at radius 2 is 2.06 bits per heavy atom. The van der Waals surface area contributed by atoms with Crippen molar-refractivity contribution in [1.29, 1.82) is 0 Å². The van der Waals surface area contributed by atoms with Crippen LogP contribution >= 0.6 is 23.2 Å². The fourth-order valence-corrected chi connectivity index (χ4v) is 2.03. The van der Waals surface area contributed by atoms with E-state index >= 15 is 0 Å². The number of hydrogen-bond donors (Lipinski definition) is 1. The monoisotopic (exact) mass is 283 g/mol. The molecule has 0 saturated carbocycles. The summed E-state index contributed by atoms with van der Waals surface area (Å²) in [6, 6.07) is 5.91. The van der Waals surface area contributed by atoms with Gasteiger partial charge < -0.3 is 9.88 Å². The lowest BCUT2D eigenvalue weighted by atomic mass is 10.3. The lowest BCUT2D eigenvalue weighted by Crippen LogP contribution is -2.08. The summed E-state index contributed by atoms with van der Waals surface area (Å²) in [4.78, 5) is 4.16. The van der Waals surface area contributed by atoms with Crippen LogP contribution in [0.15, 0.2) is 30.7 Å². The van der Waals surface area contributed by atoms with Crippen LogP contribution in [0.1, 0.15) is 25.6 Å². The molecule has 18 heavy (non-hydrogen) atoms. The minimum absolute atomic E-state index is 0.401. The molecule has 3 nitrogen and oxygen atoms in total. The standard InChI is InChI=1S/C13H15Cl2N3/c1-9(2)18-8-16-6-11(18)7-17-10-3-4-12(14)13(15)5-10/h3-6,8-9,17H,7H2,1-2H3. The largest absolute Gasteiger partial charge is 0.379 e. The maximum atomic E-state index is 5.97. The Morgan fingerprint density at radius 1 is 1.28 bits per heavy atom. The molecule has 1 N–H and O–H groups in total. The lowest BCUT2D eigenvalue weighted by molar-refractivity contribution is 0.577. The smallest absolute Gasteiger partial charge is 0.0951 e. The molecule has 0 aliphatic heterocycles. The zero-order chi connectivity index (χ0) is 13.1. The zero-order valence-electron chi connectivity index (χ0n) is 10.3. The fraction of sp³-hybridized carbons (Fsp3) is 0.308. The van der Waals surface area contributed by atoms with Crippen molar-refractivity contribution in [3.63, 3.8) is 0 Å². The molecule has 0 amide bonds. The third-order valence-electron chi connectivity index (χ3n) is 2.70. The minimum atomic E-state index is 0.401. The maximum absolute atomic E-state index is 5.97. The number of imidazole rings is 1. The minimum Gasteiger partial charge on any atom is -0.379 e. The summed E-state index contributed by atoms with van der Waals surface area (Å²) in [6.07, 6.45) is 3.71. The van der Waals surface area contributed by atoms with Gasteiger partial charge in [-0.1, -0.05) is 23.2 Å². The van der Waals surface area contributed by atoms with Crippen LogP contribution in [-0.2, 0) is 6.54 Å². The molecule has 2 rings (SSSR count). The molecule has 0 spiro atoms. The summed E-state index contributed by atoms with van der Waals surface area (Å²) in [5.41, 5.74) is 2.08. The van der Waals surface area contributed by atoms with Crippen LogP contribution in [0.2, 0.25) is 10.0 Å². The van der Waals surface area contributed by atoms with E-state index in [1.165, 1.54) is 0 Å². The van der Waals surface area contributed by atoms with E-state index in [0.717, 1.165) is 11.4 Å². The molecule has 1 heterocycles. The predicted molar refractivity (Wildman–Crippen MR) is 76.4 cm³/mol. The van der Waals surface area contributed by atoms with Crippen LogP contribution in [0.3, 0.4) is 0 Å². The molecule has 96 valence electrons. The molecular formula is C13H15Cl2N3. The number of hydrogen-bond acceptors (Lipinski definition) is 2. The second-order valence-corrected chi connectivity index (χ2v) is 5.18. The summed E-state index contributed by atoms with van der Waals surface area (Å²) in [6.45, 7) is 4.96. The lowest BCUT2D eigenvalue weighted by Gasteiger charge is -2.13. The molecule has 0 aliphatic carbocycles. The molecular weight excluding hydrogens is 269 g/mol. The SMILES string of the molecule is CC(C)n1cncc1CNc1ccc(Cl)c(Cl)c1. The highest BCUT2D eigenvalue weighted by molar-refractivity contribution is 6.42. The highest BCUT2D eigenvalue weighted by atomic mass is 35.5. The van der Waals surface area contributed by atoms with Crippen LogP contribution in [-0.4, -0.2) is 9.55 Å². The number of anilines is 1. The molecule has 1 aromatic heterocycles. The van der Waals surface area contributed by atoms with Gasteiger partial charge in [0.25, 0.3) is 0 Å². The third kappa shape index (κ3) is 2.98. The first kappa shape index (κ1) is 13.2. The number of nitrogens with one attached hydrogen (secondary N) is 1. The van der Waals surface area contributed by atoms with Crippen molar-refractivity contribution in [2.24, 2.45) is 0 Å². The van der Waals surface area contributed by atoms with Gasteiger partial charge in [0.2, 0.25) is 0 Å². The van der Waals surface area contributed by atoms with E-state index in [0.29, 0.717) is 22.6 Å². The molecule has 0 aliphatic rings. The molecule has 0 saturated heterocycles. The van der Waals surface area contributed by atoms with E-state index in [1.54, 1.807) is 6.07 Å². The average Bonchev–Trinajstić information content (AvgIpc) is 2.79. The van der Waals surface area contributed by atoms with E-state index in [4.69, 9.17) is 23.2 Å². The van der Waals surface area contributed by atoms with Gasteiger partial charge in [-0.15, -0.1) is 0 Å². The fourth-order valence-electron chi connectivity index (χ4n) is 1.73. The van der Waals surface area contributed by atoms with Crippen LogP contribution in [0.5, 0.6) is 0 Å². The van der Waals surface area contributed by atoms with E-state index in [-0.39, 0.29) is 0 Å². The van der Waals surface area contributed by atoms with Crippen LogP contribution < -0.4 is 5.32 Å². The molecule has 0 radical (unpaired) electrons. The van der Waals surface area contributed by atoms with Gasteiger partial charge in [0.05, 0.1) is 28.6 Å². The molecule has 5 heteroatoms. The van der Waals surface area contributed by atoms with Crippen LogP contribution in [0, 0.1) is 0 Å². The Bertz CT molecular complexity index is 535. The Labute approximate surface area is 117 Å². The molecule has 0 atom stereocenters. The number of aromatic nitrogens is 2. The van der Waals surface area contributed by atoms with Crippen molar-refractivity contribution in [2.75, 3.05) is 5.32 Å². The Kier molecular flexibility index (Phi) is 4.15. The number of rotatable bonds is 4. The van der Waals surface area contributed by atoms with Gasteiger partial charge in [-0.25, -0.2) is 4.98 Å². The van der Waals surface area contributed by atoms with Crippen molar-refractivity contribution in [3.05, 3.63) is 46.5 Å². The first-order chi connectivity index (χ1) is 8.58. The molecule has 0 unspecified atom stereocenters. The number of nitrogens with zero attached hydrogens (tertiary/aromatic N) is 2. The van der Waals surface area contributed by atoms with Gasteiger partial charge in [0, 0.05) is 17.9 Å². The normalized spacial score (nSPS) is 10.9. The van der Waals surface area contributed by atoms with Crippen molar-refractivity contribution < 1.29 is 0 Å². The highest BCUT2D eigenvalue weighted by Gasteiger charge is 2.05. The third-order valence-corrected chi connectivity index (χ3v) is 3.43. The van der Waals surface area contributed by atoms with Gasteiger partial charge in [0.1, 0.15) is 0 Å². The van der Waals surface area contributed by atoms with Crippen molar-refractivity contribution in [3.8, 4) is 0 Å². The second kappa shape index (κ2) is 5.63. The van der Waals surface area contributed by atoms with E-state index < -0.39 is 0 Å². The quantitative estimate of drug-likeness (QED) is 0.902. The molecule has 0 fully saturated rings. The van der Waals surface area contributed by atoms with Gasteiger partial charge in [0.15, 0.2) is 0 Å². The van der Waals surface area contributed by atoms with E-state index in [1.807, 2.05) is 24.7 Å². The molecule has 2 aromatic rings. The Morgan fingerprint density at radius 3 is 2.72 bits per heavy atom. The van der Waals surface area contributed by atoms with Gasteiger partial charge in [-0.2, -0.15) is 0 Å². The number of benzene rings is 1. The van der Waals surface area contributed by atoms with Crippen molar-refractivity contribution in [2.45, 2.75) is 26.4 Å². The van der Waals surface area contributed by atoms with Crippen molar-refractivity contribution >= 4 is 28.9 Å². The topological polar surface area (TPSA) is 29.9 Å². The summed E-state index contributed by atoms with van der Waals surface area (Å²) in [5, 5.41) is 4.43. The Hall–Kier alpha value is -1.19. The zero-order valence-corrected chi connectivity index (χ0v) is 11.8. The average molecular weight is 284 g/mol. The predicted octanol–water partition coefficient (Wildman–Crippen LogP) is 4.38. The van der Waals surface area contributed by atoms with Gasteiger partial charge >= 0.3 is 0 Å². The van der Waals surface area contributed by atoms with Crippen LogP contribution in [0.4, 0.5) is 5.69 Å². The van der Waals surface area contributed by atoms with Gasteiger partial charge in [-0.3, -0.25) is 0 Å². The molecule has 1 aromatic carbocycles. The van der Waals surface area contributed by atoms with Crippen LogP contribution in [0.25, 0.3) is 0 Å². The second-order valence-electron chi connectivity index (χ2n) is 4.37. The first-order valence-electron chi connectivity index (χ1n) is 5.77. The first-order valence-corrected chi connectivity index (χ1v) is 6.53. The molecule has 0 bridgehead atoms. The number of halogens is 2. The highest BCUT2D eigenvalue weighted by Crippen LogP contribution is 2.25. The summed E-state index contributed by atoms with van der Waals surface area (Å²) in [5.74, 6) is 0. The van der Waals surface area contributed by atoms with E-state index in [2.05, 4.69) is 28.7 Å². The van der Waals surface area contributed by atoms with Gasteiger partial charge in [-0.05, 0) is 32.0 Å². The maximum Gasteiger partial charge on any atom is 0.0951 e. The summed E-state index contributed by atoms with van der Waals surface area (Å²) >= 11 is 11.8. The Balaban J connectivity index is 2.07. The summed E-state index contributed by atoms with van der Waals surface area (Å²) < 4.78 is 2.13. The van der Waals surface area contributed by atoms with E-state index in [9.17, 15) is 0 Å². The van der Waals surface area contributed by atoms with Crippen molar-refractivity contribution in [1.82, 2.24) is 9.55 Å². The summed E-state index contributed by atoms with van der Waals surface area (Å²) in [7, 11) is 0.